The van der Waals surface area contributed by atoms with Gasteiger partial charge in [0.25, 0.3) is 0 Å². The lowest BCUT2D eigenvalue weighted by atomic mass is 10.1. The summed E-state index contributed by atoms with van der Waals surface area (Å²) in [7, 11) is 0. The number of fused-ring (bicyclic) bond motifs is 1. The number of aromatic nitrogens is 2. The molecule has 150 valence electrons. The Bertz CT molecular complexity index is 1050. The Hall–Kier alpha value is -3.40. The largest absolute Gasteiger partial charge is 0.369 e. The lowest BCUT2D eigenvalue weighted by Gasteiger charge is -2.12. The Morgan fingerprint density at radius 2 is 2.10 bits per heavy atom. The molecule has 1 aliphatic carbocycles. The maximum atomic E-state index is 12.3. The van der Waals surface area contributed by atoms with E-state index in [2.05, 4.69) is 27.9 Å². The lowest BCUT2D eigenvalue weighted by Crippen LogP contribution is -2.40. The van der Waals surface area contributed by atoms with Gasteiger partial charge < -0.3 is 10.3 Å². The minimum Gasteiger partial charge on any atom is -0.369 e. The van der Waals surface area contributed by atoms with E-state index in [1.807, 2.05) is 35.8 Å². The number of allylic oxidation sites excluding steroid dienone is 2. The number of aryl methyl sites for hydroxylation is 1. The molecule has 0 aliphatic heterocycles. The van der Waals surface area contributed by atoms with Crippen LogP contribution in [0.1, 0.15) is 45.4 Å². The molecule has 7 heteroatoms. The zero-order valence-electron chi connectivity index (χ0n) is 16.9. The molecule has 0 bridgehead atoms. The van der Waals surface area contributed by atoms with Crippen molar-refractivity contribution in [2.45, 2.75) is 46.1 Å². The average molecular weight is 390 g/mol. The molecule has 1 fully saturated rings. The Morgan fingerprint density at radius 1 is 1.41 bits per heavy atom. The predicted molar refractivity (Wildman–Crippen MR) is 114 cm³/mol. The van der Waals surface area contributed by atoms with Crippen molar-refractivity contribution in [1.82, 2.24) is 14.9 Å². The fraction of sp³-hybridized carbons (Fsp3) is 0.364. The fourth-order valence-corrected chi connectivity index (χ4v) is 3.72. The molecule has 29 heavy (non-hydrogen) atoms. The first-order chi connectivity index (χ1) is 14.0. The molecule has 0 spiro atoms. The van der Waals surface area contributed by atoms with Gasteiger partial charge in [-0.3, -0.25) is 10.1 Å². The molecule has 7 nitrogen and oxygen atoms in total. The lowest BCUT2D eigenvalue weighted by molar-refractivity contribution is -0.123. The van der Waals surface area contributed by atoms with Gasteiger partial charge in [-0.15, -0.1) is 0 Å². The van der Waals surface area contributed by atoms with Crippen LogP contribution in [0.2, 0.25) is 0 Å². The van der Waals surface area contributed by atoms with Crippen molar-refractivity contribution in [1.29, 1.82) is 5.26 Å². The number of nitrogens with one attached hydrogen (secondary N) is 1. The maximum absolute atomic E-state index is 12.3. The minimum atomic E-state index is -0.121. The highest BCUT2D eigenvalue weighted by molar-refractivity contribution is 5.98. The molecular weight excluding hydrogens is 364 g/mol. The third kappa shape index (κ3) is 4.21. The Balaban J connectivity index is 2.04. The average Bonchev–Trinajstić information content (AvgIpc) is 3.35. The molecule has 0 atom stereocenters. The van der Waals surface area contributed by atoms with E-state index in [0.29, 0.717) is 23.6 Å². The molecule has 3 N–H and O–H groups in total. The normalized spacial score (nSPS) is 15.8. The van der Waals surface area contributed by atoms with Gasteiger partial charge in [0, 0.05) is 12.5 Å². The number of hydrogen-bond acceptors (Lipinski definition) is 4. The van der Waals surface area contributed by atoms with Gasteiger partial charge in [0.15, 0.2) is 5.82 Å². The van der Waals surface area contributed by atoms with Crippen molar-refractivity contribution in [2.75, 3.05) is 0 Å². The van der Waals surface area contributed by atoms with E-state index in [0.717, 1.165) is 36.7 Å². The summed E-state index contributed by atoms with van der Waals surface area (Å²) in [5, 5.41) is 12.6. The number of aliphatic imine (C=N–C) groups is 1. The summed E-state index contributed by atoms with van der Waals surface area (Å²) in [6.45, 7) is 8.33. The zero-order valence-corrected chi connectivity index (χ0v) is 16.9. The second-order valence-electron chi connectivity index (χ2n) is 7.25. The summed E-state index contributed by atoms with van der Waals surface area (Å²) < 4.78 is 1.96. The molecule has 1 amide bonds. The van der Waals surface area contributed by atoms with Crippen LogP contribution in [0.25, 0.3) is 16.6 Å². The van der Waals surface area contributed by atoms with E-state index in [9.17, 15) is 10.1 Å². The van der Waals surface area contributed by atoms with Gasteiger partial charge in [-0.25, -0.2) is 9.98 Å². The summed E-state index contributed by atoms with van der Waals surface area (Å²) in [6, 6.07) is 9.92. The van der Waals surface area contributed by atoms with Gasteiger partial charge in [0.2, 0.25) is 11.9 Å². The molecule has 1 saturated carbocycles. The Labute approximate surface area is 170 Å². The minimum absolute atomic E-state index is 0.0271. The van der Waals surface area contributed by atoms with E-state index in [-0.39, 0.29) is 23.4 Å². The molecule has 0 radical (unpaired) electrons. The van der Waals surface area contributed by atoms with Crippen LogP contribution >= 0.6 is 0 Å². The molecule has 2 aromatic rings. The number of imidazole rings is 1. The molecule has 0 unspecified atom stereocenters. The monoisotopic (exact) mass is 390 g/mol. The fourth-order valence-electron chi connectivity index (χ4n) is 3.72. The Morgan fingerprint density at radius 3 is 2.72 bits per heavy atom. The van der Waals surface area contributed by atoms with Gasteiger partial charge in [0.1, 0.15) is 11.6 Å². The summed E-state index contributed by atoms with van der Waals surface area (Å²) in [5.74, 6) is 0.324. The van der Waals surface area contributed by atoms with Crippen LogP contribution in [0.15, 0.2) is 47.1 Å². The first kappa shape index (κ1) is 20.3. The van der Waals surface area contributed by atoms with Gasteiger partial charge in [-0.05, 0) is 44.4 Å². The number of guanidine groups is 1. The SMILES string of the molecule is C=C(C)C(N=C(N)NC(=O)C1CCCC1)=C(C#N)c1nc2ccccc2n1CC. The number of rotatable bonds is 5. The van der Waals surface area contributed by atoms with Crippen LogP contribution in [0.5, 0.6) is 0 Å². The van der Waals surface area contributed by atoms with Crippen LogP contribution in [0, 0.1) is 17.2 Å². The highest BCUT2D eigenvalue weighted by Gasteiger charge is 2.23. The topological polar surface area (TPSA) is 109 Å². The number of amides is 1. The predicted octanol–water partition coefficient (Wildman–Crippen LogP) is 3.49. The highest BCUT2D eigenvalue weighted by atomic mass is 16.2. The third-order valence-electron chi connectivity index (χ3n) is 5.16. The van der Waals surface area contributed by atoms with E-state index in [4.69, 9.17) is 5.73 Å². The van der Waals surface area contributed by atoms with E-state index < -0.39 is 0 Å². The van der Waals surface area contributed by atoms with Gasteiger partial charge in [0.05, 0.1) is 16.7 Å². The zero-order chi connectivity index (χ0) is 21.0. The van der Waals surface area contributed by atoms with Crippen LogP contribution in [0.4, 0.5) is 0 Å². The van der Waals surface area contributed by atoms with Crippen LogP contribution in [0.3, 0.4) is 0 Å². The molecular formula is C22H26N6O. The molecule has 0 saturated heterocycles. The van der Waals surface area contributed by atoms with Crippen LogP contribution < -0.4 is 11.1 Å². The number of para-hydroxylation sites is 2. The maximum Gasteiger partial charge on any atom is 0.229 e. The summed E-state index contributed by atoms with van der Waals surface area (Å²) >= 11 is 0. The second-order valence-corrected chi connectivity index (χ2v) is 7.25. The summed E-state index contributed by atoms with van der Waals surface area (Å²) in [5.41, 5.74) is 8.89. The number of benzene rings is 1. The van der Waals surface area contributed by atoms with Crippen molar-refractivity contribution >= 4 is 28.5 Å². The van der Waals surface area contributed by atoms with E-state index >= 15 is 0 Å². The van der Waals surface area contributed by atoms with Crippen molar-refractivity contribution in [3.05, 3.63) is 47.9 Å². The van der Waals surface area contributed by atoms with E-state index in [1.54, 1.807) is 6.92 Å². The standard InChI is InChI=1S/C22H26N6O/c1-4-28-18-12-8-7-11-17(18)25-20(28)16(13-23)19(14(2)3)26-22(24)27-21(29)15-9-5-6-10-15/h7-8,11-12,15H,2,4-6,9-10H2,1,3H3,(H3,24,26,27,29). The highest BCUT2D eigenvalue weighted by Crippen LogP contribution is 2.27. The first-order valence-corrected chi connectivity index (χ1v) is 9.87. The molecule has 1 aliphatic rings. The number of nitrogens with two attached hydrogens (primary N) is 1. The molecule has 3 rings (SSSR count). The van der Waals surface area contributed by atoms with Crippen molar-refractivity contribution in [3.63, 3.8) is 0 Å². The van der Waals surface area contributed by atoms with Crippen LogP contribution in [-0.4, -0.2) is 21.4 Å². The quantitative estimate of drug-likeness (QED) is 0.352. The van der Waals surface area contributed by atoms with Crippen molar-refractivity contribution < 1.29 is 4.79 Å². The Kier molecular flexibility index (Phi) is 6.13. The number of nitriles is 1. The van der Waals surface area contributed by atoms with Gasteiger partial charge in [-0.2, -0.15) is 5.26 Å². The number of hydrogen-bond donors (Lipinski definition) is 2. The summed E-state index contributed by atoms with van der Waals surface area (Å²) in [6.07, 6.45) is 3.84. The van der Waals surface area contributed by atoms with E-state index in [1.165, 1.54) is 0 Å². The van der Waals surface area contributed by atoms with Gasteiger partial charge >= 0.3 is 0 Å². The number of carbonyl (C=O) groups excluding carboxylic acids is 1. The van der Waals surface area contributed by atoms with Crippen molar-refractivity contribution in [3.8, 4) is 6.07 Å². The second kappa shape index (κ2) is 8.74. The molecule has 1 heterocycles. The van der Waals surface area contributed by atoms with Gasteiger partial charge in [-0.1, -0.05) is 31.6 Å². The van der Waals surface area contributed by atoms with Crippen molar-refractivity contribution in [2.24, 2.45) is 16.6 Å². The number of nitrogens with zero attached hydrogens (tertiary/aromatic N) is 4. The third-order valence-corrected chi connectivity index (χ3v) is 5.16. The number of carbonyl (C=O) groups is 1. The first-order valence-electron chi connectivity index (χ1n) is 9.87. The summed E-state index contributed by atoms with van der Waals surface area (Å²) in [4.78, 5) is 21.3. The molecule has 1 aromatic carbocycles. The smallest absolute Gasteiger partial charge is 0.229 e. The molecule has 1 aromatic heterocycles. The van der Waals surface area contributed by atoms with Crippen LogP contribution in [-0.2, 0) is 11.3 Å².